The van der Waals surface area contributed by atoms with Crippen LogP contribution in [0.5, 0.6) is 5.75 Å². The molecule has 1 rings (SSSR count). The summed E-state index contributed by atoms with van der Waals surface area (Å²) in [4.78, 5) is 0. The summed E-state index contributed by atoms with van der Waals surface area (Å²) in [6, 6.07) is 8.13. The summed E-state index contributed by atoms with van der Waals surface area (Å²) in [5.74, 6) is 1.64. The fourth-order valence-corrected chi connectivity index (χ4v) is 1.26. The Labute approximate surface area is 84.7 Å². The van der Waals surface area contributed by atoms with E-state index >= 15 is 0 Å². The van der Waals surface area contributed by atoms with Crippen molar-refractivity contribution in [1.82, 2.24) is 5.32 Å². The molecule has 3 heteroatoms. The molecule has 2 nitrogen and oxygen atoms in total. The van der Waals surface area contributed by atoms with Crippen LogP contribution in [0.15, 0.2) is 24.3 Å². The quantitative estimate of drug-likeness (QED) is 0.426. The Morgan fingerprint density at radius 1 is 1.31 bits per heavy atom. The second kappa shape index (κ2) is 5.89. The zero-order valence-electron chi connectivity index (χ0n) is 7.79. The lowest BCUT2D eigenvalue weighted by atomic mass is 10.1. The van der Waals surface area contributed by atoms with E-state index in [0.29, 0.717) is 0 Å². The number of thiol groups is 1. The highest BCUT2D eigenvalue weighted by molar-refractivity contribution is 7.80. The first-order valence-electron chi connectivity index (χ1n) is 4.31. The molecule has 0 aliphatic heterocycles. The van der Waals surface area contributed by atoms with Crippen molar-refractivity contribution in [3.8, 4) is 5.75 Å². The Kier molecular flexibility index (Phi) is 4.72. The van der Waals surface area contributed by atoms with E-state index in [-0.39, 0.29) is 0 Å². The van der Waals surface area contributed by atoms with Crippen molar-refractivity contribution in [2.24, 2.45) is 0 Å². The molecule has 1 N–H and O–H groups in total. The van der Waals surface area contributed by atoms with E-state index in [0.717, 1.165) is 24.6 Å². The highest BCUT2D eigenvalue weighted by atomic mass is 32.1. The maximum absolute atomic E-state index is 5.07. The standard InChI is InChI=1S/C10H15NOS/c1-12-10-4-2-9(3-5-10)6-7-11-8-13/h2-5,11,13H,6-8H2,1H3. The molecule has 0 aromatic heterocycles. The zero-order chi connectivity index (χ0) is 9.52. The third-order valence-electron chi connectivity index (χ3n) is 1.86. The van der Waals surface area contributed by atoms with Crippen LogP contribution in [-0.4, -0.2) is 19.5 Å². The van der Waals surface area contributed by atoms with Crippen LogP contribution in [0.1, 0.15) is 5.56 Å². The number of nitrogens with one attached hydrogen (secondary N) is 1. The van der Waals surface area contributed by atoms with Crippen LogP contribution < -0.4 is 10.1 Å². The average molecular weight is 197 g/mol. The predicted molar refractivity (Wildman–Crippen MR) is 58.6 cm³/mol. The monoisotopic (exact) mass is 197 g/mol. The Balaban J connectivity index is 2.40. The van der Waals surface area contributed by atoms with Gasteiger partial charge in [-0.2, -0.15) is 12.6 Å². The van der Waals surface area contributed by atoms with E-state index in [1.165, 1.54) is 5.56 Å². The van der Waals surface area contributed by atoms with Gasteiger partial charge in [0.2, 0.25) is 0 Å². The number of hydrogen-bond acceptors (Lipinski definition) is 3. The van der Waals surface area contributed by atoms with Crippen molar-refractivity contribution < 1.29 is 4.74 Å². The Bertz CT molecular complexity index is 235. The number of hydrogen-bond donors (Lipinski definition) is 2. The van der Waals surface area contributed by atoms with Gasteiger partial charge in [-0.1, -0.05) is 12.1 Å². The summed E-state index contributed by atoms with van der Waals surface area (Å²) >= 11 is 4.07. The van der Waals surface area contributed by atoms with Gasteiger partial charge in [-0.05, 0) is 30.7 Å². The molecule has 13 heavy (non-hydrogen) atoms. The molecular formula is C10H15NOS. The van der Waals surface area contributed by atoms with Crippen molar-refractivity contribution in [2.75, 3.05) is 19.5 Å². The van der Waals surface area contributed by atoms with E-state index in [1.807, 2.05) is 12.1 Å². The van der Waals surface area contributed by atoms with Crippen LogP contribution in [0.25, 0.3) is 0 Å². The first-order chi connectivity index (χ1) is 6.36. The highest BCUT2D eigenvalue weighted by Gasteiger charge is 1.93. The van der Waals surface area contributed by atoms with Gasteiger partial charge < -0.3 is 10.1 Å². The van der Waals surface area contributed by atoms with Crippen LogP contribution in [0.4, 0.5) is 0 Å². The largest absolute Gasteiger partial charge is 0.497 e. The highest BCUT2D eigenvalue weighted by Crippen LogP contribution is 2.11. The summed E-state index contributed by atoms with van der Waals surface area (Å²) < 4.78 is 5.07. The minimum Gasteiger partial charge on any atom is -0.497 e. The molecule has 0 saturated heterocycles. The second-order valence-corrected chi connectivity index (χ2v) is 3.07. The van der Waals surface area contributed by atoms with Gasteiger partial charge in [0.15, 0.2) is 0 Å². The van der Waals surface area contributed by atoms with Gasteiger partial charge in [-0.25, -0.2) is 0 Å². The summed E-state index contributed by atoms with van der Waals surface area (Å²) in [5.41, 5.74) is 1.31. The molecule has 0 spiro atoms. The topological polar surface area (TPSA) is 21.3 Å². The van der Waals surface area contributed by atoms with Gasteiger partial charge in [-0.15, -0.1) is 0 Å². The SMILES string of the molecule is COc1ccc(CCNCS)cc1. The lowest BCUT2D eigenvalue weighted by Crippen LogP contribution is -2.14. The van der Waals surface area contributed by atoms with Crippen LogP contribution in [0.2, 0.25) is 0 Å². The van der Waals surface area contributed by atoms with Crippen LogP contribution >= 0.6 is 12.6 Å². The number of ether oxygens (including phenoxy) is 1. The van der Waals surface area contributed by atoms with Gasteiger partial charge in [0.1, 0.15) is 5.75 Å². The molecule has 1 aromatic carbocycles. The number of methoxy groups -OCH3 is 1. The molecule has 0 unspecified atom stereocenters. The molecule has 0 saturated carbocycles. The fourth-order valence-electron chi connectivity index (χ4n) is 1.10. The molecule has 0 heterocycles. The predicted octanol–water partition coefficient (Wildman–Crippen LogP) is 1.71. The van der Waals surface area contributed by atoms with Gasteiger partial charge >= 0.3 is 0 Å². The third kappa shape index (κ3) is 3.70. The van der Waals surface area contributed by atoms with Crippen LogP contribution in [0, 0.1) is 0 Å². The molecule has 1 aromatic rings. The van der Waals surface area contributed by atoms with Gasteiger partial charge in [-0.3, -0.25) is 0 Å². The van der Waals surface area contributed by atoms with E-state index in [2.05, 4.69) is 30.1 Å². The van der Waals surface area contributed by atoms with E-state index in [4.69, 9.17) is 4.74 Å². The van der Waals surface area contributed by atoms with Crippen molar-refractivity contribution in [3.63, 3.8) is 0 Å². The van der Waals surface area contributed by atoms with Crippen LogP contribution in [-0.2, 0) is 6.42 Å². The van der Waals surface area contributed by atoms with Gasteiger partial charge in [0.25, 0.3) is 0 Å². The molecule has 0 fully saturated rings. The maximum atomic E-state index is 5.07. The summed E-state index contributed by atoms with van der Waals surface area (Å²) in [6.07, 6.45) is 1.03. The lowest BCUT2D eigenvalue weighted by Gasteiger charge is -2.03. The first-order valence-corrected chi connectivity index (χ1v) is 4.94. The van der Waals surface area contributed by atoms with Crippen molar-refractivity contribution in [3.05, 3.63) is 29.8 Å². The summed E-state index contributed by atoms with van der Waals surface area (Å²) in [5, 5.41) is 3.16. The third-order valence-corrected chi connectivity index (χ3v) is 2.08. The first kappa shape index (κ1) is 10.4. The summed E-state index contributed by atoms with van der Waals surface area (Å²) in [6.45, 7) is 0.968. The normalized spacial score (nSPS) is 10.0. The Morgan fingerprint density at radius 3 is 2.54 bits per heavy atom. The van der Waals surface area contributed by atoms with Crippen LogP contribution in [0.3, 0.4) is 0 Å². The van der Waals surface area contributed by atoms with Crippen molar-refractivity contribution >= 4 is 12.6 Å². The molecule has 0 bridgehead atoms. The molecule has 0 aliphatic carbocycles. The van der Waals surface area contributed by atoms with Gasteiger partial charge in [0.05, 0.1) is 7.11 Å². The Morgan fingerprint density at radius 2 is 2.00 bits per heavy atom. The minimum atomic E-state index is 0.732. The van der Waals surface area contributed by atoms with Crippen molar-refractivity contribution in [1.29, 1.82) is 0 Å². The maximum Gasteiger partial charge on any atom is 0.118 e. The molecule has 0 radical (unpaired) electrons. The zero-order valence-corrected chi connectivity index (χ0v) is 8.68. The Hall–Kier alpha value is -0.670. The van der Waals surface area contributed by atoms with Gasteiger partial charge in [0, 0.05) is 5.88 Å². The average Bonchev–Trinajstić information content (AvgIpc) is 2.19. The molecular weight excluding hydrogens is 182 g/mol. The van der Waals surface area contributed by atoms with E-state index < -0.39 is 0 Å². The van der Waals surface area contributed by atoms with E-state index in [1.54, 1.807) is 7.11 Å². The molecule has 0 atom stereocenters. The minimum absolute atomic E-state index is 0.732. The second-order valence-electron chi connectivity index (χ2n) is 2.76. The smallest absolute Gasteiger partial charge is 0.118 e. The lowest BCUT2D eigenvalue weighted by molar-refractivity contribution is 0.414. The number of benzene rings is 1. The molecule has 0 aliphatic rings. The number of rotatable bonds is 5. The van der Waals surface area contributed by atoms with Crippen molar-refractivity contribution in [2.45, 2.75) is 6.42 Å². The van der Waals surface area contributed by atoms with E-state index in [9.17, 15) is 0 Å². The fraction of sp³-hybridized carbons (Fsp3) is 0.400. The molecule has 72 valence electrons. The summed E-state index contributed by atoms with van der Waals surface area (Å²) in [7, 11) is 1.68. The molecule has 0 amide bonds.